The minimum absolute atomic E-state index is 0. The Morgan fingerprint density at radius 2 is 2.12 bits per heavy atom. The number of nitrogens with two attached hydrogens (primary N) is 1. The summed E-state index contributed by atoms with van der Waals surface area (Å²) in [5.41, 5.74) is 5.87. The fourth-order valence-corrected chi connectivity index (χ4v) is 1.34. The Bertz CT molecular complexity index is 376. The van der Waals surface area contributed by atoms with E-state index in [-0.39, 0.29) is 30.5 Å². The SMILES string of the molecule is C#CCCCCOc1cccc(CN)c1F.Cl. The van der Waals surface area contributed by atoms with E-state index in [1.807, 2.05) is 0 Å². The molecule has 0 aliphatic heterocycles. The molecule has 2 N–H and O–H groups in total. The second kappa shape index (κ2) is 8.86. The third-order valence-electron chi connectivity index (χ3n) is 2.24. The lowest BCUT2D eigenvalue weighted by atomic mass is 10.2. The average molecular weight is 258 g/mol. The molecule has 0 atom stereocenters. The van der Waals surface area contributed by atoms with Gasteiger partial charge in [0.25, 0.3) is 0 Å². The maximum atomic E-state index is 13.6. The van der Waals surface area contributed by atoms with Crippen LogP contribution in [0.2, 0.25) is 0 Å². The molecule has 0 saturated carbocycles. The maximum absolute atomic E-state index is 13.6. The smallest absolute Gasteiger partial charge is 0.169 e. The summed E-state index contributed by atoms with van der Waals surface area (Å²) in [5.74, 6) is 2.46. The second-order valence-corrected chi connectivity index (χ2v) is 3.44. The lowest BCUT2D eigenvalue weighted by molar-refractivity contribution is 0.292. The van der Waals surface area contributed by atoms with Crippen LogP contribution in [0, 0.1) is 18.2 Å². The molecule has 0 saturated heterocycles. The number of terminal acetylenes is 1. The highest BCUT2D eigenvalue weighted by Gasteiger charge is 2.07. The minimum Gasteiger partial charge on any atom is -0.491 e. The highest BCUT2D eigenvalue weighted by atomic mass is 35.5. The molecular formula is C13H17ClFNO. The predicted octanol–water partition coefficient (Wildman–Crippen LogP) is 2.89. The second-order valence-electron chi connectivity index (χ2n) is 3.44. The van der Waals surface area contributed by atoms with Gasteiger partial charge in [0.1, 0.15) is 0 Å². The molecule has 0 spiro atoms. The third kappa shape index (κ3) is 5.08. The summed E-state index contributed by atoms with van der Waals surface area (Å²) in [6.07, 6.45) is 7.58. The first kappa shape index (κ1) is 15.8. The van der Waals surface area contributed by atoms with E-state index < -0.39 is 0 Å². The molecule has 94 valence electrons. The van der Waals surface area contributed by atoms with Crippen LogP contribution in [0.4, 0.5) is 4.39 Å². The molecule has 0 bridgehead atoms. The van der Waals surface area contributed by atoms with Crippen LogP contribution in [0.15, 0.2) is 18.2 Å². The van der Waals surface area contributed by atoms with Crippen molar-refractivity contribution in [2.24, 2.45) is 5.73 Å². The van der Waals surface area contributed by atoms with Gasteiger partial charge in [0.2, 0.25) is 0 Å². The largest absolute Gasteiger partial charge is 0.491 e. The number of unbranched alkanes of at least 4 members (excludes halogenated alkanes) is 2. The van der Waals surface area contributed by atoms with Crippen LogP contribution in [-0.4, -0.2) is 6.61 Å². The summed E-state index contributed by atoms with van der Waals surface area (Å²) in [6, 6.07) is 5.00. The monoisotopic (exact) mass is 257 g/mol. The van der Waals surface area contributed by atoms with Crippen molar-refractivity contribution >= 4 is 12.4 Å². The van der Waals surface area contributed by atoms with Crippen LogP contribution >= 0.6 is 12.4 Å². The van der Waals surface area contributed by atoms with E-state index in [1.54, 1.807) is 18.2 Å². The summed E-state index contributed by atoms with van der Waals surface area (Å²) >= 11 is 0. The molecule has 0 amide bonds. The zero-order valence-electron chi connectivity index (χ0n) is 9.62. The first-order chi connectivity index (χ1) is 7.79. The maximum Gasteiger partial charge on any atom is 0.169 e. The molecule has 4 heteroatoms. The molecule has 0 fully saturated rings. The van der Waals surface area contributed by atoms with Crippen molar-refractivity contribution in [2.45, 2.75) is 25.8 Å². The minimum atomic E-state index is -0.359. The normalized spacial score (nSPS) is 9.24. The van der Waals surface area contributed by atoms with Crippen molar-refractivity contribution < 1.29 is 9.13 Å². The van der Waals surface area contributed by atoms with Gasteiger partial charge in [-0.1, -0.05) is 12.1 Å². The number of hydrogen-bond acceptors (Lipinski definition) is 2. The number of rotatable bonds is 6. The third-order valence-corrected chi connectivity index (χ3v) is 2.24. The van der Waals surface area contributed by atoms with E-state index in [1.165, 1.54) is 0 Å². The first-order valence-electron chi connectivity index (χ1n) is 5.33. The van der Waals surface area contributed by atoms with Gasteiger partial charge in [0, 0.05) is 18.5 Å². The lowest BCUT2D eigenvalue weighted by Crippen LogP contribution is -2.04. The van der Waals surface area contributed by atoms with Gasteiger partial charge in [-0.2, -0.15) is 0 Å². The summed E-state index contributed by atoms with van der Waals surface area (Å²) in [6.45, 7) is 0.659. The van der Waals surface area contributed by atoms with E-state index in [0.29, 0.717) is 12.2 Å². The Kier molecular flexibility index (Phi) is 8.21. The van der Waals surface area contributed by atoms with Crippen molar-refractivity contribution in [3.63, 3.8) is 0 Å². The van der Waals surface area contributed by atoms with E-state index in [0.717, 1.165) is 19.3 Å². The fourth-order valence-electron chi connectivity index (χ4n) is 1.34. The highest BCUT2D eigenvalue weighted by Crippen LogP contribution is 2.20. The van der Waals surface area contributed by atoms with E-state index >= 15 is 0 Å². The zero-order valence-corrected chi connectivity index (χ0v) is 10.4. The van der Waals surface area contributed by atoms with Gasteiger partial charge in [0.05, 0.1) is 6.61 Å². The zero-order chi connectivity index (χ0) is 11.8. The highest BCUT2D eigenvalue weighted by molar-refractivity contribution is 5.85. The fraction of sp³-hybridized carbons (Fsp3) is 0.385. The van der Waals surface area contributed by atoms with E-state index in [2.05, 4.69) is 5.92 Å². The van der Waals surface area contributed by atoms with E-state index in [4.69, 9.17) is 16.9 Å². The Morgan fingerprint density at radius 3 is 2.76 bits per heavy atom. The predicted molar refractivity (Wildman–Crippen MR) is 69.7 cm³/mol. The van der Waals surface area contributed by atoms with Crippen molar-refractivity contribution in [1.82, 2.24) is 0 Å². The van der Waals surface area contributed by atoms with Gasteiger partial charge in [-0.15, -0.1) is 24.8 Å². The van der Waals surface area contributed by atoms with Gasteiger partial charge >= 0.3 is 0 Å². The molecule has 0 heterocycles. The molecule has 0 aromatic heterocycles. The van der Waals surface area contributed by atoms with Gasteiger partial charge in [-0.05, 0) is 18.9 Å². The number of hydrogen-bond donors (Lipinski definition) is 1. The van der Waals surface area contributed by atoms with Crippen LogP contribution in [0.5, 0.6) is 5.75 Å². The molecule has 2 nitrogen and oxygen atoms in total. The van der Waals surface area contributed by atoms with Crippen LogP contribution in [0.1, 0.15) is 24.8 Å². The van der Waals surface area contributed by atoms with Gasteiger partial charge in [0.15, 0.2) is 11.6 Å². The molecule has 0 aliphatic rings. The van der Waals surface area contributed by atoms with Crippen LogP contribution in [-0.2, 0) is 6.54 Å². The molecule has 17 heavy (non-hydrogen) atoms. The summed E-state index contributed by atoms with van der Waals surface area (Å²) < 4.78 is 18.9. The molecular weight excluding hydrogens is 241 g/mol. The standard InChI is InChI=1S/C13H16FNO.ClH/c1-2-3-4-5-9-16-12-8-6-7-11(10-15)13(12)14;/h1,6-8H,3-5,9-10,15H2;1H. The lowest BCUT2D eigenvalue weighted by Gasteiger charge is -2.08. The Balaban J connectivity index is 0.00000256. The quantitative estimate of drug-likeness (QED) is 0.628. The Morgan fingerprint density at radius 1 is 1.35 bits per heavy atom. The van der Waals surface area contributed by atoms with Crippen molar-refractivity contribution in [1.29, 1.82) is 0 Å². The Hall–Kier alpha value is -1.24. The summed E-state index contributed by atoms with van der Waals surface area (Å²) in [4.78, 5) is 0. The van der Waals surface area contributed by atoms with Crippen LogP contribution in [0.3, 0.4) is 0 Å². The molecule has 0 unspecified atom stereocenters. The Labute approximate surface area is 108 Å². The molecule has 0 radical (unpaired) electrons. The molecule has 0 aliphatic carbocycles. The van der Waals surface area contributed by atoms with Gasteiger partial charge in [-0.3, -0.25) is 0 Å². The van der Waals surface area contributed by atoms with Gasteiger partial charge < -0.3 is 10.5 Å². The van der Waals surface area contributed by atoms with E-state index in [9.17, 15) is 4.39 Å². The van der Waals surface area contributed by atoms with Crippen LogP contribution < -0.4 is 10.5 Å². The number of halogens is 2. The molecule has 1 rings (SSSR count). The van der Waals surface area contributed by atoms with Crippen molar-refractivity contribution in [2.75, 3.05) is 6.61 Å². The molecule has 1 aromatic rings. The van der Waals surface area contributed by atoms with Crippen molar-refractivity contribution in [3.05, 3.63) is 29.6 Å². The first-order valence-corrected chi connectivity index (χ1v) is 5.33. The molecule has 1 aromatic carbocycles. The number of benzene rings is 1. The van der Waals surface area contributed by atoms with Crippen molar-refractivity contribution in [3.8, 4) is 18.1 Å². The topological polar surface area (TPSA) is 35.2 Å². The summed E-state index contributed by atoms with van der Waals surface area (Å²) in [7, 11) is 0. The summed E-state index contributed by atoms with van der Waals surface area (Å²) in [5, 5.41) is 0. The van der Waals surface area contributed by atoms with Crippen LogP contribution in [0.25, 0.3) is 0 Å². The van der Waals surface area contributed by atoms with Gasteiger partial charge in [-0.25, -0.2) is 4.39 Å². The average Bonchev–Trinajstić information content (AvgIpc) is 2.31. The number of ether oxygens (including phenoxy) is 1.